The molecule has 0 aliphatic rings. The molecule has 2 rings (SSSR count). The van der Waals surface area contributed by atoms with Crippen LogP contribution in [0.2, 0.25) is 0 Å². The molecule has 0 aliphatic carbocycles. The Bertz CT molecular complexity index is 728. The van der Waals surface area contributed by atoms with E-state index >= 15 is 0 Å². The minimum atomic E-state index is -0.687. The summed E-state index contributed by atoms with van der Waals surface area (Å²) in [7, 11) is 1.19. The lowest BCUT2D eigenvalue weighted by atomic mass is 10.0. The molecule has 6 heteroatoms. The molecule has 0 spiro atoms. The van der Waals surface area contributed by atoms with Crippen molar-refractivity contribution in [2.45, 2.75) is 6.92 Å². The predicted molar refractivity (Wildman–Crippen MR) is 74.6 cm³/mol. The molecule has 0 atom stereocenters. The van der Waals surface area contributed by atoms with Gasteiger partial charge in [0, 0.05) is 12.1 Å². The summed E-state index contributed by atoms with van der Waals surface area (Å²) < 4.78 is 18.2. The van der Waals surface area contributed by atoms with Gasteiger partial charge in [0.25, 0.3) is 5.69 Å². The van der Waals surface area contributed by atoms with Crippen molar-refractivity contribution in [3.8, 4) is 11.1 Å². The molecule has 0 saturated carbocycles. The van der Waals surface area contributed by atoms with Crippen LogP contribution in [0.5, 0.6) is 0 Å². The number of nitro benzene ring substituents is 1. The maximum Gasteiger partial charge on any atom is 0.338 e. The molecule has 0 unspecified atom stereocenters. The number of carbonyl (C=O) groups excluding carboxylic acids is 1. The van der Waals surface area contributed by atoms with Crippen LogP contribution in [0.1, 0.15) is 15.9 Å². The Morgan fingerprint density at radius 2 is 1.90 bits per heavy atom. The maximum atomic E-state index is 13.6. The van der Waals surface area contributed by atoms with E-state index in [2.05, 4.69) is 4.74 Å². The highest BCUT2D eigenvalue weighted by molar-refractivity contribution is 5.92. The largest absolute Gasteiger partial charge is 0.465 e. The molecule has 108 valence electrons. The molecule has 5 nitrogen and oxygen atoms in total. The fourth-order valence-electron chi connectivity index (χ4n) is 1.89. The topological polar surface area (TPSA) is 69.4 Å². The van der Waals surface area contributed by atoms with Crippen molar-refractivity contribution in [1.29, 1.82) is 0 Å². The third kappa shape index (κ3) is 3.05. The van der Waals surface area contributed by atoms with Crippen molar-refractivity contribution in [2.24, 2.45) is 0 Å². The van der Waals surface area contributed by atoms with Crippen molar-refractivity contribution in [3.05, 3.63) is 63.5 Å². The average Bonchev–Trinajstić information content (AvgIpc) is 2.48. The Morgan fingerprint density at radius 3 is 2.48 bits per heavy atom. The normalized spacial score (nSPS) is 10.2. The number of ether oxygens (including phenoxy) is 1. The van der Waals surface area contributed by atoms with Crippen molar-refractivity contribution >= 4 is 11.7 Å². The van der Waals surface area contributed by atoms with Crippen LogP contribution in [-0.2, 0) is 4.74 Å². The van der Waals surface area contributed by atoms with Gasteiger partial charge in [-0.05, 0) is 35.7 Å². The highest BCUT2D eigenvalue weighted by Crippen LogP contribution is 2.27. The molecule has 21 heavy (non-hydrogen) atoms. The van der Waals surface area contributed by atoms with Crippen LogP contribution in [0, 0.1) is 22.9 Å². The highest BCUT2D eigenvalue weighted by Gasteiger charge is 2.16. The first-order valence-electron chi connectivity index (χ1n) is 6.06. The molecule has 0 aromatic heterocycles. The Hall–Kier alpha value is -2.76. The van der Waals surface area contributed by atoms with E-state index < -0.39 is 16.7 Å². The number of methoxy groups -OCH3 is 1. The van der Waals surface area contributed by atoms with E-state index in [4.69, 9.17) is 0 Å². The first kappa shape index (κ1) is 14.6. The van der Waals surface area contributed by atoms with Gasteiger partial charge in [-0.1, -0.05) is 12.1 Å². The van der Waals surface area contributed by atoms with Gasteiger partial charge in [0.1, 0.15) is 5.82 Å². The lowest BCUT2D eigenvalue weighted by Crippen LogP contribution is -2.02. The number of aryl methyl sites for hydroxylation is 1. The number of nitro groups is 1. The summed E-state index contributed by atoms with van der Waals surface area (Å²) in [5.74, 6) is -1.11. The number of rotatable bonds is 3. The van der Waals surface area contributed by atoms with Crippen LogP contribution in [-0.4, -0.2) is 18.0 Å². The van der Waals surface area contributed by atoms with Gasteiger partial charge in [0.2, 0.25) is 0 Å². The fraction of sp³-hybridized carbons (Fsp3) is 0.133. The zero-order valence-corrected chi connectivity index (χ0v) is 11.4. The first-order chi connectivity index (χ1) is 9.92. The van der Waals surface area contributed by atoms with E-state index in [1.807, 2.05) is 0 Å². The second-order valence-electron chi connectivity index (χ2n) is 4.48. The number of nitrogens with zero attached hydrogens (tertiary/aromatic N) is 1. The van der Waals surface area contributed by atoms with E-state index in [0.717, 1.165) is 6.07 Å². The SMILES string of the molecule is COC(=O)c1cc(-c2ccc(C)c(F)c2)cc([N+](=O)[O-])c1. The third-order valence-electron chi connectivity index (χ3n) is 3.05. The van der Waals surface area contributed by atoms with E-state index in [-0.39, 0.29) is 11.3 Å². The molecule has 0 bridgehead atoms. The van der Waals surface area contributed by atoms with Gasteiger partial charge in [0.15, 0.2) is 0 Å². The molecule has 0 saturated heterocycles. The summed E-state index contributed by atoms with van der Waals surface area (Å²) >= 11 is 0. The van der Waals surface area contributed by atoms with E-state index in [9.17, 15) is 19.3 Å². The summed E-state index contributed by atoms with van der Waals surface area (Å²) in [6.07, 6.45) is 0. The average molecular weight is 289 g/mol. The number of carbonyl (C=O) groups is 1. The molecule has 0 amide bonds. The van der Waals surface area contributed by atoms with Gasteiger partial charge in [-0.25, -0.2) is 9.18 Å². The van der Waals surface area contributed by atoms with Gasteiger partial charge in [0.05, 0.1) is 17.6 Å². The van der Waals surface area contributed by atoms with E-state index in [1.54, 1.807) is 19.1 Å². The van der Waals surface area contributed by atoms with Crippen LogP contribution < -0.4 is 0 Å². The van der Waals surface area contributed by atoms with Crippen LogP contribution in [0.15, 0.2) is 36.4 Å². The van der Waals surface area contributed by atoms with Gasteiger partial charge in [-0.2, -0.15) is 0 Å². The third-order valence-corrected chi connectivity index (χ3v) is 3.05. The Labute approximate surface area is 120 Å². The number of halogens is 1. The van der Waals surface area contributed by atoms with Crippen LogP contribution in [0.25, 0.3) is 11.1 Å². The van der Waals surface area contributed by atoms with Gasteiger partial charge < -0.3 is 4.74 Å². The van der Waals surface area contributed by atoms with E-state index in [1.165, 1.54) is 25.3 Å². The number of non-ortho nitro benzene ring substituents is 1. The minimum Gasteiger partial charge on any atom is -0.465 e. The van der Waals surface area contributed by atoms with Gasteiger partial charge in [-0.3, -0.25) is 10.1 Å². The summed E-state index contributed by atoms with van der Waals surface area (Å²) in [6.45, 7) is 1.62. The molecule has 0 fully saturated rings. The predicted octanol–water partition coefficient (Wildman–Crippen LogP) is 3.50. The summed E-state index contributed by atoms with van der Waals surface area (Å²) in [4.78, 5) is 21.9. The lowest BCUT2D eigenvalue weighted by molar-refractivity contribution is -0.384. The monoisotopic (exact) mass is 289 g/mol. The molecule has 0 radical (unpaired) electrons. The van der Waals surface area contributed by atoms with Crippen molar-refractivity contribution in [3.63, 3.8) is 0 Å². The zero-order chi connectivity index (χ0) is 15.6. The molecular formula is C15H12FNO4. The molecular weight excluding hydrogens is 277 g/mol. The summed E-state index contributed by atoms with van der Waals surface area (Å²) in [6, 6.07) is 8.33. The van der Waals surface area contributed by atoms with Crippen LogP contribution >= 0.6 is 0 Å². The Balaban J connectivity index is 2.61. The lowest BCUT2D eigenvalue weighted by Gasteiger charge is -2.06. The molecule has 0 heterocycles. The molecule has 2 aromatic rings. The molecule has 2 aromatic carbocycles. The van der Waals surface area contributed by atoms with Gasteiger partial charge >= 0.3 is 5.97 Å². The molecule has 0 N–H and O–H groups in total. The Morgan fingerprint density at radius 1 is 1.19 bits per heavy atom. The number of hydrogen-bond acceptors (Lipinski definition) is 4. The van der Waals surface area contributed by atoms with Crippen molar-refractivity contribution < 1.29 is 18.8 Å². The van der Waals surface area contributed by atoms with Gasteiger partial charge in [-0.15, -0.1) is 0 Å². The highest BCUT2D eigenvalue weighted by atomic mass is 19.1. The zero-order valence-electron chi connectivity index (χ0n) is 11.4. The first-order valence-corrected chi connectivity index (χ1v) is 6.06. The fourth-order valence-corrected chi connectivity index (χ4v) is 1.89. The number of benzene rings is 2. The number of esters is 1. The van der Waals surface area contributed by atoms with Crippen LogP contribution in [0.3, 0.4) is 0 Å². The molecule has 0 aliphatic heterocycles. The standard InChI is InChI=1S/C15H12FNO4/c1-9-3-4-10(8-14(9)16)11-5-12(15(18)21-2)7-13(6-11)17(19)20/h3-8H,1-2H3. The number of hydrogen-bond donors (Lipinski definition) is 0. The summed E-state index contributed by atoms with van der Waals surface area (Å²) in [5.41, 5.74) is 1.09. The smallest absolute Gasteiger partial charge is 0.338 e. The van der Waals surface area contributed by atoms with Crippen molar-refractivity contribution in [1.82, 2.24) is 0 Å². The Kier molecular flexibility index (Phi) is 3.98. The summed E-state index contributed by atoms with van der Waals surface area (Å²) in [5, 5.41) is 10.9. The van der Waals surface area contributed by atoms with E-state index in [0.29, 0.717) is 16.7 Å². The van der Waals surface area contributed by atoms with Crippen LogP contribution in [0.4, 0.5) is 10.1 Å². The second-order valence-corrected chi connectivity index (χ2v) is 4.48. The quantitative estimate of drug-likeness (QED) is 0.492. The minimum absolute atomic E-state index is 0.0442. The van der Waals surface area contributed by atoms with Crippen molar-refractivity contribution in [2.75, 3.05) is 7.11 Å². The second kappa shape index (κ2) is 5.70. The maximum absolute atomic E-state index is 13.6.